The minimum atomic E-state index is -4.24. The highest BCUT2D eigenvalue weighted by molar-refractivity contribution is 5.29. The van der Waals surface area contributed by atoms with Gasteiger partial charge < -0.3 is 5.32 Å². The SMILES string of the molecule is CNC1CCC1c1ccc(C(F)(F)F)cc1. The first kappa shape index (κ1) is 11.5. The zero-order valence-corrected chi connectivity index (χ0v) is 9.01. The molecule has 1 nitrogen and oxygen atoms in total. The van der Waals surface area contributed by atoms with Crippen LogP contribution >= 0.6 is 0 Å². The van der Waals surface area contributed by atoms with Crippen LogP contribution in [0, 0.1) is 0 Å². The van der Waals surface area contributed by atoms with E-state index in [4.69, 9.17) is 0 Å². The summed E-state index contributed by atoms with van der Waals surface area (Å²) in [5.41, 5.74) is 0.426. The van der Waals surface area contributed by atoms with Crippen LogP contribution < -0.4 is 5.32 Å². The van der Waals surface area contributed by atoms with Crippen molar-refractivity contribution in [1.82, 2.24) is 5.32 Å². The van der Waals surface area contributed by atoms with Gasteiger partial charge in [-0.1, -0.05) is 12.1 Å². The van der Waals surface area contributed by atoms with Gasteiger partial charge in [-0.3, -0.25) is 0 Å². The number of nitrogens with one attached hydrogen (secondary N) is 1. The van der Waals surface area contributed by atoms with Crippen LogP contribution in [0.2, 0.25) is 0 Å². The normalized spacial score (nSPS) is 25.2. The summed E-state index contributed by atoms with van der Waals surface area (Å²) >= 11 is 0. The molecular formula is C12H14F3N. The van der Waals surface area contributed by atoms with Crippen molar-refractivity contribution in [1.29, 1.82) is 0 Å². The van der Waals surface area contributed by atoms with Gasteiger partial charge in [0.1, 0.15) is 0 Å². The first-order valence-corrected chi connectivity index (χ1v) is 5.37. The molecule has 0 spiro atoms. The summed E-state index contributed by atoms with van der Waals surface area (Å²) in [6.07, 6.45) is -2.08. The Hall–Kier alpha value is -1.03. The minimum absolute atomic E-state index is 0.368. The van der Waals surface area contributed by atoms with Crippen LogP contribution in [0.4, 0.5) is 13.2 Å². The zero-order valence-electron chi connectivity index (χ0n) is 9.01. The molecule has 1 aromatic carbocycles. The molecule has 0 saturated heterocycles. The molecule has 0 radical (unpaired) electrons. The lowest BCUT2D eigenvalue weighted by atomic mass is 9.75. The predicted molar refractivity (Wildman–Crippen MR) is 56.3 cm³/mol. The molecule has 2 rings (SSSR count). The monoisotopic (exact) mass is 229 g/mol. The fourth-order valence-electron chi connectivity index (χ4n) is 2.16. The van der Waals surface area contributed by atoms with Crippen molar-refractivity contribution in [2.24, 2.45) is 0 Å². The summed E-state index contributed by atoms with van der Waals surface area (Å²) in [7, 11) is 1.89. The van der Waals surface area contributed by atoms with Crippen LogP contribution in [0.3, 0.4) is 0 Å². The number of benzene rings is 1. The van der Waals surface area contributed by atoms with Gasteiger partial charge in [0.05, 0.1) is 5.56 Å². The molecule has 1 N–H and O–H groups in total. The van der Waals surface area contributed by atoms with Gasteiger partial charge in [0, 0.05) is 6.04 Å². The van der Waals surface area contributed by atoms with E-state index in [9.17, 15) is 13.2 Å². The topological polar surface area (TPSA) is 12.0 Å². The van der Waals surface area contributed by atoms with Crippen LogP contribution in [0.25, 0.3) is 0 Å². The van der Waals surface area contributed by atoms with Crippen LogP contribution in [-0.4, -0.2) is 13.1 Å². The van der Waals surface area contributed by atoms with Crippen molar-refractivity contribution in [3.8, 4) is 0 Å². The Kier molecular flexibility index (Phi) is 2.93. The highest BCUT2D eigenvalue weighted by Gasteiger charge is 2.33. The van der Waals surface area contributed by atoms with Crippen molar-refractivity contribution in [2.45, 2.75) is 31.0 Å². The van der Waals surface area contributed by atoms with Gasteiger partial charge in [-0.05, 0) is 43.5 Å². The highest BCUT2D eigenvalue weighted by Crippen LogP contribution is 2.38. The third kappa shape index (κ3) is 2.07. The van der Waals surface area contributed by atoms with Crippen molar-refractivity contribution < 1.29 is 13.2 Å². The van der Waals surface area contributed by atoms with Gasteiger partial charge >= 0.3 is 6.18 Å². The zero-order chi connectivity index (χ0) is 11.8. The summed E-state index contributed by atoms with van der Waals surface area (Å²) in [4.78, 5) is 0. The van der Waals surface area contributed by atoms with E-state index in [-0.39, 0.29) is 0 Å². The lowest BCUT2D eigenvalue weighted by Gasteiger charge is -2.36. The Balaban J connectivity index is 2.14. The molecule has 0 amide bonds. The van der Waals surface area contributed by atoms with Crippen molar-refractivity contribution in [3.05, 3.63) is 35.4 Å². The molecule has 0 aliphatic heterocycles. The highest BCUT2D eigenvalue weighted by atomic mass is 19.4. The fraction of sp³-hybridized carbons (Fsp3) is 0.500. The standard InChI is InChI=1S/C12H14F3N/c1-16-11-7-6-10(11)8-2-4-9(5-3-8)12(13,14)15/h2-5,10-11,16H,6-7H2,1H3. The molecule has 0 heterocycles. The van der Waals surface area contributed by atoms with Crippen LogP contribution in [0.15, 0.2) is 24.3 Å². The molecule has 1 aromatic rings. The summed E-state index contributed by atoms with van der Waals surface area (Å²) in [5.74, 6) is 0.368. The number of halogens is 3. The average Bonchev–Trinajstić information content (AvgIpc) is 2.16. The molecule has 2 atom stereocenters. The van der Waals surface area contributed by atoms with E-state index in [0.29, 0.717) is 12.0 Å². The number of hydrogen-bond donors (Lipinski definition) is 1. The lowest BCUT2D eigenvalue weighted by Crippen LogP contribution is -2.40. The Morgan fingerprint density at radius 2 is 1.75 bits per heavy atom. The van der Waals surface area contributed by atoms with Crippen LogP contribution in [0.5, 0.6) is 0 Å². The molecule has 88 valence electrons. The quantitative estimate of drug-likeness (QED) is 0.821. The molecule has 2 unspecified atom stereocenters. The molecule has 0 bridgehead atoms. The largest absolute Gasteiger partial charge is 0.416 e. The van der Waals surface area contributed by atoms with E-state index in [1.54, 1.807) is 12.1 Å². The van der Waals surface area contributed by atoms with Crippen molar-refractivity contribution >= 4 is 0 Å². The number of hydrogen-bond acceptors (Lipinski definition) is 1. The van der Waals surface area contributed by atoms with Crippen molar-refractivity contribution in [3.63, 3.8) is 0 Å². The minimum Gasteiger partial charge on any atom is -0.316 e. The molecule has 16 heavy (non-hydrogen) atoms. The van der Waals surface area contributed by atoms with E-state index >= 15 is 0 Å². The Labute approximate surface area is 92.7 Å². The van der Waals surface area contributed by atoms with Gasteiger partial charge in [-0.25, -0.2) is 0 Å². The summed E-state index contributed by atoms with van der Waals surface area (Å²) < 4.78 is 37.0. The van der Waals surface area contributed by atoms with Crippen LogP contribution in [0.1, 0.15) is 29.9 Å². The van der Waals surface area contributed by atoms with Crippen LogP contribution in [-0.2, 0) is 6.18 Å². The van der Waals surface area contributed by atoms with Gasteiger partial charge in [0.2, 0.25) is 0 Å². The maximum Gasteiger partial charge on any atom is 0.416 e. The maximum absolute atomic E-state index is 12.3. The third-order valence-corrected chi connectivity index (χ3v) is 3.31. The second-order valence-electron chi connectivity index (χ2n) is 4.20. The van der Waals surface area contributed by atoms with E-state index in [0.717, 1.165) is 18.4 Å². The molecular weight excluding hydrogens is 215 g/mol. The van der Waals surface area contributed by atoms with E-state index in [2.05, 4.69) is 5.32 Å². The van der Waals surface area contributed by atoms with Crippen molar-refractivity contribution in [2.75, 3.05) is 7.05 Å². The first-order chi connectivity index (χ1) is 7.52. The van der Waals surface area contributed by atoms with E-state index in [1.165, 1.54) is 12.1 Å². The van der Waals surface area contributed by atoms with E-state index < -0.39 is 11.7 Å². The Bertz CT molecular complexity index is 354. The second kappa shape index (κ2) is 4.09. The number of rotatable bonds is 2. The predicted octanol–water partition coefficient (Wildman–Crippen LogP) is 3.17. The summed E-state index contributed by atoms with van der Waals surface area (Å²) in [6, 6.07) is 5.94. The summed E-state index contributed by atoms with van der Waals surface area (Å²) in [6.45, 7) is 0. The van der Waals surface area contributed by atoms with Gasteiger partial charge in [-0.15, -0.1) is 0 Å². The Morgan fingerprint density at radius 1 is 1.12 bits per heavy atom. The number of likely N-dealkylation sites (N-methyl/N-ethyl adjacent to an activating group) is 1. The summed E-state index contributed by atoms with van der Waals surface area (Å²) in [5, 5.41) is 3.17. The van der Waals surface area contributed by atoms with E-state index in [1.807, 2.05) is 7.05 Å². The second-order valence-corrected chi connectivity index (χ2v) is 4.20. The lowest BCUT2D eigenvalue weighted by molar-refractivity contribution is -0.137. The van der Waals surface area contributed by atoms with Gasteiger partial charge in [0.25, 0.3) is 0 Å². The molecule has 1 aliphatic carbocycles. The third-order valence-electron chi connectivity index (χ3n) is 3.31. The molecule has 1 aliphatic rings. The van der Waals surface area contributed by atoms with Gasteiger partial charge in [0.15, 0.2) is 0 Å². The Morgan fingerprint density at radius 3 is 2.12 bits per heavy atom. The number of alkyl halides is 3. The van der Waals surface area contributed by atoms with Gasteiger partial charge in [-0.2, -0.15) is 13.2 Å². The smallest absolute Gasteiger partial charge is 0.316 e. The molecule has 4 heteroatoms. The molecule has 1 fully saturated rings. The fourth-order valence-corrected chi connectivity index (χ4v) is 2.16. The first-order valence-electron chi connectivity index (χ1n) is 5.37. The average molecular weight is 229 g/mol. The molecule has 1 saturated carbocycles. The maximum atomic E-state index is 12.3. The molecule has 0 aromatic heterocycles.